The Bertz CT molecular complexity index is 751. The van der Waals surface area contributed by atoms with E-state index in [1.54, 1.807) is 0 Å². The maximum absolute atomic E-state index is 12.7. The maximum Gasteiger partial charge on any atom is 0.239 e. The monoisotopic (exact) mass is 352 g/mol. The van der Waals surface area contributed by atoms with Gasteiger partial charge in [-0.25, -0.2) is 4.68 Å². The highest BCUT2D eigenvalue weighted by Crippen LogP contribution is 2.40. The van der Waals surface area contributed by atoms with Gasteiger partial charge in [-0.1, -0.05) is 31.5 Å². The molecule has 2 heterocycles. The summed E-state index contributed by atoms with van der Waals surface area (Å²) in [4.78, 5) is 15.1. The van der Waals surface area contributed by atoms with Crippen LogP contribution in [-0.2, 0) is 4.79 Å². The van der Waals surface area contributed by atoms with E-state index in [1.165, 1.54) is 32.1 Å². The number of piperidine rings is 1. The summed E-state index contributed by atoms with van der Waals surface area (Å²) in [5.41, 5.74) is 2.08. The molecule has 0 radical (unpaired) electrons. The van der Waals surface area contributed by atoms with Crippen molar-refractivity contribution >= 4 is 11.7 Å². The Balaban J connectivity index is 1.50. The highest BCUT2D eigenvalue weighted by molar-refractivity contribution is 5.91. The van der Waals surface area contributed by atoms with E-state index in [0.717, 1.165) is 30.2 Å². The second-order valence-corrected chi connectivity index (χ2v) is 7.55. The molecule has 2 aromatic rings. The average Bonchev–Trinajstić information content (AvgIpc) is 3.44. The number of aromatic nitrogens is 2. The molecule has 1 atom stereocenters. The Morgan fingerprint density at radius 3 is 2.73 bits per heavy atom. The van der Waals surface area contributed by atoms with Crippen LogP contribution in [0.15, 0.2) is 36.4 Å². The normalized spacial score (nSPS) is 20.9. The SMILES string of the molecule is CCC1CCCCN1CC(=O)Nc1cc(C2CC2)nn1-c1ccccc1. The van der Waals surface area contributed by atoms with Crippen molar-refractivity contribution in [1.29, 1.82) is 0 Å². The van der Waals surface area contributed by atoms with E-state index in [-0.39, 0.29) is 5.91 Å². The lowest BCUT2D eigenvalue weighted by Crippen LogP contribution is -2.43. The van der Waals surface area contributed by atoms with E-state index in [4.69, 9.17) is 5.10 Å². The van der Waals surface area contributed by atoms with Crippen LogP contribution < -0.4 is 5.32 Å². The lowest BCUT2D eigenvalue weighted by atomic mass is 10.0. The van der Waals surface area contributed by atoms with Crippen molar-refractivity contribution in [1.82, 2.24) is 14.7 Å². The Morgan fingerprint density at radius 1 is 1.19 bits per heavy atom. The topological polar surface area (TPSA) is 50.2 Å². The second-order valence-electron chi connectivity index (χ2n) is 7.55. The quantitative estimate of drug-likeness (QED) is 0.856. The largest absolute Gasteiger partial charge is 0.309 e. The van der Waals surface area contributed by atoms with Crippen molar-refractivity contribution in [2.24, 2.45) is 0 Å². The highest BCUT2D eigenvalue weighted by atomic mass is 16.2. The minimum Gasteiger partial charge on any atom is -0.309 e. The number of hydrogen-bond acceptors (Lipinski definition) is 3. The number of carbonyl (C=O) groups excluding carboxylic acids is 1. The number of carbonyl (C=O) groups is 1. The first-order valence-electron chi connectivity index (χ1n) is 9.94. The Morgan fingerprint density at radius 2 is 2.00 bits per heavy atom. The molecule has 1 aromatic heterocycles. The number of benzene rings is 1. The predicted molar refractivity (Wildman–Crippen MR) is 104 cm³/mol. The van der Waals surface area contributed by atoms with Crippen molar-refractivity contribution in [2.45, 2.75) is 57.4 Å². The fourth-order valence-electron chi connectivity index (χ4n) is 3.93. The Kier molecular flexibility index (Phi) is 5.07. The fraction of sp³-hybridized carbons (Fsp3) is 0.524. The molecule has 4 rings (SSSR count). The zero-order valence-electron chi connectivity index (χ0n) is 15.5. The van der Waals surface area contributed by atoms with E-state index < -0.39 is 0 Å². The molecular weight excluding hydrogens is 324 g/mol. The van der Waals surface area contributed by atoms with Gasteiger partial charge >= 0.3 is 0 Å². The van der Waals surface area contributed by atoms with E-state index in [0.29, 0.717) is 18.5 Å². The number of hydrogen-bond donors (Lipinski definition) is 1. The van der Waals surface area contributed by atoms with E-state index in [2.05, 4.69) is 23.2 Å². The van der Waals surface area contributed by atoms with Gasteiger partial charge < -0.3 is 5.32 Å². The summed E-state index contributed by atoms with van der Waals surface area (Å²) in [6, 6.07) is 12.6. The van der Waals surface area contributed by atoms with E-state index >= 15 is 0 Å². The molecule has 1 amide bonds. The minimum absolute atomic E-state index is 0.0600. The first kappa shape index (κ1) is 17.3. The average molecular weight is 352 g/mol. The van der Waals surface area contributed by atoms with Crippen LogP contribution in [0.3, 0.4) is 0 Å². The van der Waals surface area contributed by atoms with Gasteiger partial charge in [-0.05, 0) is 50.8 Å². The molecule has 0 bridgehead atoms. The van der Waals surface area contributed by atoms with Crippen LogP contribution in [0.1, 0.15) is 57.1 Å². The zero-order valence-corrected chi connectivity index (χ0v) is 15.5. The lowest BCUT2D eigenvalue weighted by molar-refractivity contribution is -0.118. The van der Waals surface area contributed by atoms with Gasteiger partial charge in [0.15, 0.2) is 0 Å². The van der Waals surface area contributed by atoms with Gasteiger partial charge in [0.05, 0.1) is 17.9 Å². The number of para-hydroxylation sites is 1. The molecule has 1 aliphatic heterocycles. The van der Waals surface area contributed by atoms with Crippen LogP contribution in [-0.4, -0.2) is 39.7 Å². The van der Waals surface area contributed by atoms with Gasteiger partial charge in [0.25, 0.3) is 0 Å². The number of nitrogens with one attached hydrogen (secondary N) is 1. The smallest absolute Gasteiger partial charge is 0.239 e. The number of nitrogens with zero attached hydrogens (tertiary/aromatic N) is 3. The standard InChI is InChI=1S/C21H28N4O/c1-2-17-8-6-7-13-24(17)15-21(26)22-20-14-19(16-11-12-16)23-25(20)18-9-4-3-5-10-18/h3-5,9-10,14,16-17H,2,6-8,11-13,15H2,1H3,(H,22,26). The fourth-order valence-corrected chi connectivity index (χ4v) is 3.93. The van der Waals surface area contributed by atoms with Gasteiger partial charge in [-0.2, -0.15) is 5.10 Å². The van der Waals surface area contributed by atoms with E-state index in [9.17, 15) is 4.79 Å². The molecule has 1 N–H and O–H groups in total. The summed E-state index contributed by atoms with van der Waals surface area (Å²) >= 11 is 0. The van der Waals surface area contributed by atoms with E-state index in [1.807, 2.05) is 35.0 Å². The number of anilines is 1. The third-order valence-electron chi connectivity index (χ3n) is 5.56. The summed E-state index contributed by atoms with van der Waals surface area (Å²) in [7, 11) is 0. The van der Waals surface area contributed by atoms with Crippen molar-refractivity contribution in [2.75, 3.05) is 18.4 Å². The second kappa shape index (κ2) is 7.62. The molecule has 2 fully saturated rings. The Labute approximate surface area is 155 Å². The first-order valence-corrected chi connectivity index (χ1v) is 9.94. The van der Waals surface area contributed by atoms with Gasteiger partial charge in [0, 0.05) is 18.0 Å². The molecule has 1 unspecified atom stereocenters. The van der Waals surface area contributed by atoms with Crippen LogP contribution in [0.2, 0.25) is 0 Å². The van der Waals surface area contributed by atoms with Gasteiger partial charge in [-0.15, -0.1) is 0 Å². The molecule has 138 valence electrons. The summed E-state index contributed by atoms with van der Waals surface area (Å²) in [5, 5.41) is 7.89. The molecule has 5 nitrogen and oxygen atoms in total. The molecule has 2 aliphatic rings. The predicted octanol–water partition coefficient (Wildman–Crippen LogP) is 3.95. The minimum atomic E-state index is 0.0600. The van der Waals surface area contributed by atoms with Crippen molar-refractivity contribution in [3.05, 3.63) is 42.1 Å². The summed E-state index contributed by atoms with van der Waals surface area (Å²) < 4.78 is 1.87. The first-order chi connectivity index (χ1) is 12.7. The van der Waals surface area contributed by atoms with Crippen LogP contribution >= 0.6 is 0 Å². The molecular formula is C21H28N4O. The summed E-state index contributed by atoms with van der Waals surface area (Å²) in [5.74, 6) is 1.40. The van der Waals surface area contributed by atoms with Gasteiger partial charge in [0.1, 0.15) is 5.82 Å². The lowest BCUT2D eigenvalue weighted by Gasteiger charge is -2.34. The highest BCUT2D eigenvalue weighted by Gasteiger charge is 2.28. The van der Waals surface area contributed by atoms with Crippen molar-refractivity contribution in [3.8, 4) is 5.69 Å². The van der Waals surface area contributed by atoms with Crippen LogP contribution in [0.25, 0.3) is 5.69 Å². The number of amides is 1. The van der Waals surface area contributed by atoms with Crippen LogP contribution in [0, 0.1) is 0 Å². The Hall–Kier alpha value is -2.14. The molecule has 1 aliphatic carbocycles. The molecule has 1 saturated carbocycles. The summed E-state index contributed by atoms with van der Waals surface area (Å²) in [6.07, 6.45) is 7.19. The number of rotatable bonds is 6. The summed E-state index contributed by atoms with van der Waals surface area (Å²) in [6.45, 7) is 3.71. The van der Waals surface area contributed by atoms with Gasteiger partial charge in [-0.3, -0.25) is 9.69 Å². The van der Waals surface area contributed by atoms with Crippen LogP contribution in [0.5, 0.6) is 0 Å². The molecule has 1 saturated heterocycles. The third kappa shape index (κ3) is 3.83. The van der Waals surface area contributed by atoms with Crippen molar-refractivity contribution in [3.63, 3.8) is 0 Å². The zero-order chi connectivity index (χ0) is 17.9. The molecule has 0 spiro atoms. The third-order valence-corrected chi connectivity index (χ3v) is 5.56. The van der Waals surface area contributed by atoms with Crippen molar-refractivity contribution < 1.29 is 4.79 Å². The molecule has 5 heteroatoms. The van der Waals surface area contributed by atoms with Gasteiger partial charge in [0.2, 0.25) is 5.91 Å². The molecule has 26 heavy (non-hydrogen) atoms. The number of likely N-dealkylation sites (tertiary alicyclic amines) is 1. The van der Waals surface area contributed by atoms with Crippen LogP contribution in [0.4, 0.5) is 5.82 Å². The molecule has 1 aromatic carbocycles. The maximum atomic E-state index is 12.7.